The topological polar surface area (TPSA) is 38.0 Å². The van der Waals surface area contributed by atoms with Gasteiger partial charge in [0.05, 0.1) is 0 Å². The van der Waals surface area contributed by atoms with Crippen LogP contribution in [0.5, 0.6) is 0 Å². The van der Waals surface area contributed by atoms with Crippen LogP contribution in [0.1, 0.15) is 13.8 Å². The summed E-state index contributed by atoms with van der Waals surface area (Å²) in [7, 11) is 0. The lowest BCUT2D eigenvalue weighted by Gasteiger charge is -2.21. The predicted octanol–water partition coefficient (Wildman–Crippen LogP) is 2.80. The molecule has 84 valence electrons. The minimum absolute atomic E-state index is 0.352. The Morgan fingerprint density at radius 3 is 2.27 bits per heavy atom. The van der Waals surface area contributed by atoms with Crippen molar-refractivity contribution in [3.63, 3.8) is 0 Å². The summed E-state index contributed by atoms with van der Waals surface area (Å²) in [5.41, 5.74) is 6.86. The molecule has 15 heavy (non-hydrogen) atoms. The van der Waals surface area contributed by atoms with Crippen molar-refractivity contribution in [3.05, 3.63) is 24.3 Å². The van der Waals surface area contributed by atoms with Gasteiger partial charge in [-0.3, -0.25) is 0 Å². The molecule has 0 radical (unpaired) electrons. The lowest BCUT2D eigenvalue weighted by molar-refractivity contribution is 0.531. The molecule has 0 saturated heterocycles. The first-order valence-electron chi connectivity index (χ1n) is 5.28. The van der Waals surface area contributed by atoms with Gasteiger partial charge in [-0.2, -0.15) is 0 Å². The van der Waals surface area contributed by atoms with E-state index in [-0.39, 0.29) is 0 Å². The van der Waals surface area contributed by atoms with Gasteiger partial charge in [-0.1, -0.05) is 13.8 Å². The quantitative estimate of drug-likeness (QED) is 0.755. The minimum Gasteiger partial charge on any atom is -0.381 e. The first kappa shape index (κ1) is 12.4. The Morgan fingerprint density at radius 1 is 1.27 bits per heavy atom. The second kappa shape index (κ2) is 6.03. The summed E-state index contributed by atoms with van der Waals surface area (Å²) in [6.45, 7) is 5.03. The fourth-order valence-corrected chi connectivity index (χ4v) is 1.81. The van der Waals surface area contributed by atoms with Crippen LogP contribution >= 0.6 is 11.8 Å². The van der Waals surface area contributed by atoms with Crippen molar-refractivity contribution in [2.75, 3.05) is 18.1 Å². The lowest BCUT2D eigenvalue weighted by Crippen LogP contribution is -2.33. The molecule has 0 spiro atoms. The normalized spacial score (nSPS) is 12.9. The van der Waals surface area contributed by atoms with Crippen molar-refractivity contribution < 1.29 is 0 Å². The molecule has 1 aromatic rings. The smallest absolute Gasteiger partial charge is 0.0406 e. The van der Waals surface area contributed by atoms with Crippen LogP contribution in [0.4, 0.5) is 5.69 Å². The van der Waals surface area contributed by atoms with Gasteiger partial charge in [0.2, 0.25) is 0 Å². The molecule has 0 heterocycles. The fraction of sp³-hybridized carbons (Fsp3) is 0.500. The molecule has 0 aliphatic carbocycles. The third-order valence-corrected chi connectivity index (χ3v) is 3.24. The summed E-state index contributed by atoms with van der Waals surface area (Å²) in [5.74, 6) is 0.551. The van der Waals surface area contributed by atoms with E-state index in [1.54, 1.807) is 11.8 Å². The molecule has 0 aliphatic heterocycles. The maximum absolute atomic E-state index is 5.71. The average molecular weight is 224 g/mol. The number of thioether (sulfide) groups is 1. The van der Waals surface area contributed by atoms with Crippen LogP contribution in [-0.2, 0) is 0 Å². The van der Waals surface area contributed by atoms with Gasteiger partial charge in [-0.25, -0.2) is 0 Å². The van der Waals surface area contributed by atoms with Crippen LogP contribution < -0.4 is 11.1 Å². The highest BCUT2D eigenvalue weighted by Crippen LogP contribution is 2.18. The monoisotopic (exact) mass is 224 g/mol. The molecule has 0 aliphatic rings. The summed E-state index contributed by atoms with van der Waals surface area (Å²) >= 11 is 1.76. The highest BCUT2D eigenvalue weighted by atomic mass is 32.2. The van der Waals surface area contributed by atoms with Crippen LogP contribution in [0.2, 0.25) is 0 Å². The van der Waals surface area contributed by atoms with E-state index in [1.807, 2.05) is 0 Å². The Labute approximate surface area is 96.6 Å². The summed E-state index contributed by atoms with van der Waals surface area (Å²) in [4.78, 5) is 1.29. The van der Waals surface area contributed by atoms with Gasteiger partial charge in [0, 0.05) is 23.2 Å². The second-order valence-corrected chi connectivity index (χ2v) is 4.84. The van der Waals surface area contributed by atoms with Crippen molar-refractivity contribution in [3.8, 4) is 0 Å². The summed E-state index contributed by atoms with van der Waals surface area (Å²) in [6.07, 6.45) is 2.08. The first-order valence-corrected chi connectivity index (χ1v) is 6.50. The van der Waals surface area contributed by atoms with Crippen molar-refractivity contribution in [1.82, 2.24) is 0 Å². The highest BCUT2D eigenvalue weighted by molar-refractivity contribution is 7.98. The predicted molar refractivity (Wildman–Crippen MR) is 69.5 cm³/mol. The van der Waals surface area contributed by atoms with Crippen molar-refractivity contribution in [1.29, 1.82) is 0 Å². The number of nitrogens with two attached hydrogens (primary N) is 1. The zero-order valence-corrected chi connectivity index (χ0v) is 10.5. The van der Waals surface area contributed by atoms with Crippen LogP contribution in [0.25, 0.3) is 0 Å². The second-order valence-electron chi connectivity index (χ2n) is 3.96. The molecular formula is C12H20N2S. The third kappa shape index (κ3) is 3.76. The number of anilines is 1. The number of benzene rings is 1. The Kier molecular flexibility index (Phi) is 4.99. The number of nitrogens with one attached hydrogen (secondary N) is 1. The van der Waals surface area contributed by atoms with Gasteiger partial charge in [0.25, 0.3) is 0 Å². The number of hydrogen-bond donors (Lipinski definition) is 2. The maximum atomic E-state index is 5.71. The minimum atomic E-state index is 0.352. The van der Waals surface area contributed by atoms with Gasteiger partial charge >= 0.3 is 0 Å². The summed E-state index contributed by atoms with van der Waals surface area (Å²) in [5, 5.41) is 3.45. The molecule has 0 aromatic heterocycles. The van der Waals surface area contributed by atoms with E-state index in [9.17, 15) is 0 Å². The molecule has 1 rings (SSSR count). The molecule has 0 bridgehead atoms. The van der Waals surface area contributed by atoms with E-state index in [1.165, 1.54) is 4.90 Å². The molecule has 0 saturated carbocycles. The van der Waals surface area contributed by atoms with Crippen LogP contribution in [-0.4, -0.2) is 18.8 Å². The zero-order valence-electron chi connectivity index (χ0n) is 9.66. The molecule has 1 aromatic carbocycles. The van der Waals surface area contributed by atoms with Crippen molar-refractivity contribution in [2.24, 2.45) is 11.7 Å². The van der Waals surface area contributed by atoms with Crippen LogP contribution in [0.15, 0.2) is 29.2 Å². The Bertz CT molecular complexity index is 282. The van der Waals surface area contributed by atoms with E-state index in [2.05, 4.69) is 49.7 Å². The van der Waals surface area contributed by atoms with Gasteiger partial charge in [-0.15, -0.1) is 11.8 Å². The number of rotatable bonds is 5. The molecule has 3 heteroatoms. The van der Waals surface area contributed by atoms with E-state index in [0.717, 1.165) is 5.69 Å². The standard InChI is InChI=1S/C12H20N2S/c1-9(2)12(8-13)14-10-4-6-11(15-3)7-5-10/h4-7,9,12,14H,8,13H2,1-3H3. The van der Waals surface area contributed by atoms with E-state index >= 15 is 0 Å². The summed E-state index contributed by atoms with van der Waals surface area (Å²) in [6, 6.07) is 8.82. The Morgan fingerprint density at radius 2 is 1.87 bits per heavy atom. The first-order chi connectivity index (χ1) is 7.17. The van der Waals surface area contributed by atoms with E-state index in [4.69, 9.17) is 5.73 Å². The van der Waals surface area contributed by atoms with Crippen LogP contribution in [0.3, 0.4) is 0 Å². The van der Waals surface area contributed by atoms with Crippen LogP contribution in [0, 0.1) is 5.92 Å². The van der Waals surface area contributed by atoms with Gasteiger partial charge in [-0.05, 0) is 36.4 Å². The third-order valence-electron chi connectivity index (χ3n) is 2.50. The SMILES string of the molecule is CSc1ccc(NC(CN)C(C)C)cc1. The molecule has 3 N–H and O–H groups in total. The van der Waals surface area contributed by atoms with E-state index < -0.39 is 0 Å². The largest absolute Gasteiger partial charge is 0.381 e. The molecule has 0 fully saturated rings. The summed E-state index contributed by atoms with van der Waals surface area (Å²) < 4.78 is 0. The molecule has 2 nitrogen and oxygen atoms in total. The molecular weight excluding hydrogens is 204 g/mol. The van der Waals surface area contributed by atoms with Crippen molar-refractivity contribution in [2.45, 2.75) is 24.8 Å². The molecule has 1 atom stereocenters. The highest BCUT2D eigenvalue weighted by Gasteiger charge is 2.10. The molecule has 0 amide bonds. The lowest BCUT2D eigenvalue weighted by atomic mass is 10.0. The van der Waals surface area contributed by atoms with Crippen molar-refractivity contribution >= 4 is 17.4 Å². The van der Waals surface area contributed by atoms with E-state index in [0.29, 0.717) is 18.5 Å². The van der Waals surface area contributed by atoms with Gasteiger partial charge in [0.1, 0.15) is 0 Å². The number of hydrogen-bond acceptors (Lipinski definition) is 3. The average Bonchev–Trinajstić information content (AvgIpc) is 2.26. The van der Waals surface area contributed by atoms with Gasteiger partial charge in [0.15, 0.2) is 0 Å². The Balaban J connectivity index is 2.63. The Hall–Kier alpha value is -0.670. The maximum Gasteiger partial charge on any atom is 0.0406 e. The van der Waals surface area contributed by atoms with Gasteiger partial charge < -0.3 is 11.1 Å². The zero-order chi connectivity index (χ0) is 11.3. The molecule has 1 unspecified atom stereocenters. The fourth-order valence-electron chi connectivity index (χ4n) is 1.40.